The molecule has 0 saturated carbocycles. The Kier molecular flexibility index (Phi) is 3.63. The summed E-state index contributed by atoms with van der Waals surface area (Å²) < 4.78 is 4.92. The molecule has 2 heterocycles. The van der Waals surface area contributed by atoms with Crippen LogP contribution in [0.15, 0.2) is 33.6 Å². The van der Waals surface area contributed by atoms with Gasteiger partial charge in [0.15, 0.2) is 11.4 Å². The first kappa shape index (κ1) is 14.5. The maximum absolute atomic E-state index is 12.0. The summed E-state index contributed by atoms with van der Waals surface area (Å²) >= 11 is 0. The van der Waals surface area contributed by atoms with E-state index in [4.69, 9.17) is 4.42 Å². The van der Waals surface area contributed by atoms with Gasteiger partial charge in [-0.15, -0.1) is 5.10 Å². The number of nitrogens with zero attached hydrogens (tertiary/aromatic N) is 3. The highest BCUT2D eigenvalue weighted by molar-refractivity contribution is 5.92. The summed E-state index contributed by atoms with van der Waals surface area (Å²) in [6.45, 7) is 1.22. The largest absolute Gasteiger partial charge is 0.417 e. The average Bonchev–Trinajstić information content (AvgIpc) is 3.03. The van der Waals surface area contributed by atoms with Crippen LogP contribution in [-0.4, -0.2) is 31.8 Å². The number of nitrogens with one attached hydrogen (secondary N) is 3. The first-order valence-corrected chi connectivity index (χ1v) is 6.60. The molecule has 10 heteroatoms. The third kappa shape index (κ3) is 3.43. The summed E-state index contributed by atoms with van der Waals surface area (Å²) in [5.74, 6) is -0.939. The van der Waals surface area contributed by atoms with Crippen LogP contribution < -0.4 is 16.4 Å². The summed E-state index contributed by atoms with van der Waals surface area (Å²) in [7, 11) is 0. The fraction of sp³-hybridized carbons (Fsp3) is 0.154. The van der Waals surface area contributed by atoms with Gasteiger partial charge in [-0.25, -0.2) is 4.79 Å². The number of benzene rings is 1. The van der Waals surface area contributed by atoms with Gasteiger partial charge in [0.05, 0.1) is 11.7 Å². The third-order valence-electron chi connectivity index (χ3n) is 2.83. The number of anilines is 2. The molecule has 2 amide bonds. The number of oxazole rings is 1. The van der Waals surface area contributed by atoms with E-state index in [1.165, 1.54) is 19.2 Å². The maximum atomic E-state index is 12.0. The summed E-state index contributed by atoms with van der Waals surface area (Å²) in [6, 6.07) is 4.78. The molecule has 118 valence electrons. The van der Waals surface area contributed by atoms with Gasteiger partial charge in [-0.05, 0) is 12.1 Å². The monoisotopic (exact) mass is 316 g/mol. The van der Waals surface area contributed by atoms with Gasteiger partial charge in [0.2, 0.25) is 11.8 Å². The second kappa shape index (κ2) is 5.75. The van der Waals surface area contributed by atoms with Crippen LogP contribution in [-0.2, 0) is 16.1 Å². The van der Waals surface area contributed by atoms with Crippen molar-refractivity contribution in [1.29, 1.82) is 0 Å². The smallest absolute Gasteiger partial charge is 0.408 e. The zero-order valence-electron chi connectivity index (χ0n) is 12.0. The van der Waals surface area contributed by atoms with Gasteiger partial charge < -0.3 is 15.1 Å². The van der Waals surface area contributed by atoms with Crippen molar-refractivity contribution >= 4 is 34.4 Å². The van der Waals surface area contributed by atoms with Crippen molar-refractivity contribution in [3.63, 3.8) is 0 Å². The van der Waals surface area contributed by atoms with E-state index in [2.05, 4.69) is 25.8 Å². The number of carbonyl (C=O) groups is 2. The Morgan fingerprint density at radius 3 is 2.96 bits per heavy atom. The van der Waals surface area contributed by atoms with Crippen molar-refractivity contribution in [2.75, 3.05) is 10.6 Å². The number of H-pyrrole nitrogens is 1. The van der Waals surface area contributed by atoms with Gasteiger partial charge in [-0.2, -0.15) is 9.90 Å². The van der Waals surface area contributed by atoms with Crippen molar-refractivity contribution in [1.82, 2.24) is 20.0 Å². The molecule has 0 atom stereocenters. The lowest BCUT2D eigenvalue weighted by Crippen LogP contribution is -2.20. The lowest BCUT2D eigenvalue weighted by Gasteiger charge is -2.04. The normalized spacial score (nSPS) is 10.7. The van der Waals surface area contributed by atoms with Gasteiger partial charge in [0.25, 0.3) is 0 Å². The van der Waals surface area contributed by atoms with E-state index in [0.717, 1.165) is 4.80 Å². The molecule has 0 saturated heterocycles. The lowest BCUT2D eigenvalue weighted by atomic mass is 10.3. The molecule has 1 aromatic carbocycles. The molecule has 3 aromatic rings. The van der Waals surface area contributed by atoms with E-state index in [-0.39, 0.29) is 24.2 Å². The molecule has 0 aliphatic carbocycles. The van der Waals surface area contributed by atoms with Gasteiger partial charge in [0, 0.05) is 18.7 Å². The molecule has 0 fully saturated rings. The van der Waals surface area contributed by atoms with Gasteiger partial charge >= 0.3 is 5.76 Å². The Hall–Kier alpha value is -3.43. The zero-order valence-corrected chi connectivity index (χ0v) is 12.0. The summed E-state index contributed by atoms with van der Waals surface area (Å²) in [5.41, 5.74) is 1.36. The van der Waals surface area contributed by atoms with Crippen LogP contribution in [0.5, 0.6) is 0 Å². The Morgan fingerprint density at radius 1 is 1.35 bits per heavy atom. The van der Waals surface area contributed by atoms with E-state index in [9.17, 15) is 14.4 Å². The van der Waals surface area contributed by atoms with Crippen molar-refractivity contribution < 1.29 is 14.0 Å². The maximum Gasteiger partial charge on any atom is 0.417 e. The van der Waals surface area contributed by atoms with Crippen molar-refractivity contribution in [3.05, 3.63) is 34.9 Å². The minimum absolute atomic E-state index is 0.130. The highest BCUT2D eigenvalue weighted by Crippen LogP contribution is 2.16. The van der Waals surface area contributed by atoms with Crippen LogP contribution in [0, 0.1) is 0 Å². The molecule has 0 unspecified atom stereocenters. The molecule has 0 aliphatic heterocycles. The fourth-order valence-electron chi connectivity index (χ4n) is 1.96. The number of fused-ring (bicyclic) bond motifs is 1. The second-order valence-corrected chi connectivity index (χ2v) is 4.72. The van der Waals surface area contributed by atoms with Gasteiger partial charge in [-0.1, -0.05) is 0 Å². The number of hydrogen-bond acceptors (Lipinski definition) is 6. The summed E-state index contributed by atoms with van der Waals surface area (Å²) in [6.07, 6.45) is 1.34. The number of rotatable bonds is 4. The first-order chi connectivity index (χ1) is 11.0. The molecule has 0 spiro atoms. The zero-order chi connectivity index (χ0) is 16.4. The van der Waals surface area contributed by atoms with E-state index in [0.29, 0.717) is 16.8 Å². The molecule has 10 nitrogen and oxygen atoms in total. The molecule has 0 aliphatic rings. The standard InChI is InChI=1S/C13H12N6O4/c1-7(20)15-11-5-14-19(18-11)6-12(21)16-8-2-3-9-10(4-8)23-13(22)17-9/h2-5H,6H2,1H3,(H,16,21)(H,17,22)(H,15,18,20). The number of aromatic nitrogens is 4. The molecular formula is C13H12N6O4. The lowest BCUT2D eigenvalue weighted by molar-refractivity contribution is -0.117. The first-order valence-electron chi connectivity index (χ1n) is 6.60. The van der Waals surface area contributed by atoms with E-state index in [1.807, 2.05) is 0 Å². The van der Waals surface area contributed by atoms with Crippen LogP contribution in [0.25, 0.3) is 11.1 Å². The molecule has 3 N–H and O–H groups in total. The molecule has 23 heavy (non-hydrogen) atoms. The molecule has 2 aromatic heterocycles. The Labute approximate surface area is 128 Å². The van der Waals surface area contributed by atoms with E-state index in [1.54, 1.807) is 12.1 Å². The number of amides is 2. The molecular weight excluding hydrogens is 304 g/mol. The number of aromatic amines is 1. The fourth-order valence-corrected chi connectivity index (χ4v) is 1.96. The summed E-state index contributed by atoms with van der Waals surface area (Å²) in [4.78, 5) is 37.6. The van der Waals surface area contributed by atoms with Crippen LogP contribution in [0.1, 0.15) is 6.92 Å². The number of hydrogen-bond donors (Lipinski definition) is 3. The van der Waals surface area contributed by atoms with E-state index >= 15 is 0 Å². The topological polar surface area (TPSA) is 135 Å². The SMILES string of the molecule is CC(=O)Nc1cnn(CC(=O)Nc2ccc3[nH]c(=O)oc3c2)n1. The Bertz CT molecular complexity index is 937. The van der Waals surface area contributed by atoms with Crippen LogP contribution >= 0.6 is 0 Å². The van der Waals surface area contributed by atoms with Crippen LogP contribution in [0.4, 0.5) is 11.5 Å². The minimum Gasteiger partial charge on any atom is -0.408 e. The Balaban J connectivity index is 1.66. The highest BCUT2D eigenvalue weighted by Gasteiger charge is 2.09. The highest BCUT2D eigenvalue weighted by atomic mass is 16.4. The van der Waals surface area contributed by atoms with Crippen LogP contribution in [0.3, 0.4) is 0 Å². The summed E-state index contributed by atoms with van der Waals surface area (Å²) in [5, 5.41) is 12.9. The minimum atomic E-state index is -0.560. The Morgan fingerprint density at radius 2 is 2.17 bits per heavy atom. The van der Waals surface area contributed by atoms with E-state index < -0.39 is 5.76 Å². The molecule has 3 rings (SSSR count). The van der Waals surface area contributed by atoms with Gasteiger partial charge in [0.1, 0.15) is 6.54 Å². The van der Waals surface area contributed by atoms with Crippen molar-refractivity contribution in [2.24, 2.45) is 0 Å². The van der Waals surface area contributed by atoms with Crippen LogP contribution in [0.2, 0.25) is 0 Å². The number of carbonyl (C=O) groups excluding carboxylic acids is 2. The predicted octanol–water partition coefficient (Wildman–Crippen LogP) is 0.310. The molecule has 0 radical (unpaired) electrons. The molecule has 0 bridgehead atoms. The van der Waals surface area contributed by atoms with Crippen molar-refractivity contribution in [2.45, 2.75) is 13.5 Å². The average molecular weight is 316 g/mol. The van der Waals surface area contributed by atoms with Crippen molar-refractivity contribution in [3.8, 4) is 0 Å². The van der Waals surface area contributed by atoms with Gasteiger partial charge in [-0.3, -0.25) is 14.6 Å². The quantitative estimate of drug-likeness (QED) is 0.634. The predicted molar refractivity (Wildman–Crippen MR) is 79.8 cm³/mol. The third-order valence-corrected chi connectivity index (χ3v) is 2.83. The second-order valence-electron chi connectivity index (χ2n) is 4.72.